The fraction of sp³-hybridized carbons (Fsp3) is 1.00. The molecule has 0 amide bonds. The quantitative estimate of drug-likeness (QED) is 0.569. The highest BCUT2D eigenvalue weighted by molar-refractivity contribution is 4.94. The molecule has 0 bridgehead atoms. The fourth-order valence-electron chi connectivity index (χ4n) is 1.55. The van der Waals surface area contributed by atoms with Gasteiger partial charge in [-0.25, -0.2) is 0 Å². The van der Waals surface area contributed by atoms with Crippen LogP contribution in [0.5, 0.6) is 0 Å². The van der Waals surface area contributed by atoms with Gasteiger partial charge in [-0.3, -0.25) is 4.90 Å². The number of halogens is 3. The van der Waals surface area contributed by atoms with Crippen LogP contribution in [0.25, 0.3) is 0 Å². The first-order valence-electron chi connectivity index (χ1n) is 4.13. The van der Waals surface area contributed by atoms with E-state index in [1.807, 2.05) is 0 Å². The first kappa shape index (κ1) is 11.7. The molecule has 2 unspecified atom stereocenters. The number of hydrogen-bond acceptors (Lipinski definition) is 4. The van der Waals surface area contributed by atoms with Gasteiger partial charge in [-0.05, 0) is 6.42 Å². The number of aliphatic hydroxyl groups is 3. The molecule has 1 saturated heterocycles. The summed E-state index contributed by atoms with van der Waals surface area (Å²) < 4.78 is 36.0. The summed E-state index contributed by atoms with van der Waals surface area (Å²) in [7, 11) is 0. The summed E-state index contributed by atoms with van der Waals surface area (Å²) >= 11 is 0. The van der Waals surface area contributed by atoms with Gasteiger partial charge in [-0.1, -0.05) is 0 Å². The van der Waals surface area contributed by atoms with Gasteiger partial charge in [0.15, 0.2) is 5.72 Å². The SMILES string of the molecule is OCC1(O)C(O)CCN1CC(F)(F)F. The number of likely N-dealkylation sites (tertiary alicyclic amines) is 1. The minimum absolute atomic E-state index is 0.0210. The minimum Gasteiger partial charge on any atom is -0.392 e. The topological polar surface area (TPSA) is 63.9 Å². The largest absolute Gasteiger partial charge is 0.401 e. The smallest absolute Gasteiger partial charge is 0.392 e. The summed E-state index contributed by atoms with van der Waals surface area (Å²) in [4.78, 5) is 0.637. The van der Waals surface area contributed by atoms with Crippen LogP contribution in [0.3, 0.4) is 0 Å². The molecule has 2 atom stereocenters. The van der Waals surface area contributed by atoms with Gasteiger partial charge >= 0.3 is 6.18 Å². The Morgan fingerprint density at radius 1 is 1.43 bits per heavy atom. The van der Waals surface area contributed by atoms with Gasteiger partial charge in [0.1, 0.15) is 0 Å². The van der Waals surface area contributed by atoms with E-state index >= 15 is 0 Å². The van der Waals surface area contributed by atoms with E-state index in [-0.39, 0.29) is 13.0 Å². The molecule has 0 aromatic carbocycles. The molecule has 1 aliphatic rings. The van der Waals surface area contributed by atoms with Crippen LogP contribution >= 0.6 is 0 Å². The van der Waals surface area contributed by atoms with Crippen LogP contribution in [0.4, 0.5) is 13.2 Å². The molecule has 0 radical (unpaired) electrons. The average molecular weight is 215 g/mol. The van der Waals surface area contributed by atoms with Crippen molar-refractivity contribution in [3.8, 4) is 0 Å². The summed E-state index contributed by atoms with van der Waals surface area (Å²) in [6, 6.07) is 0. The van der Waals surface area contributed by atoms with Crippen LogP contribution in [-0.4, -0.2) is 57.9 Å². The fourth-order valence-corrected chi connectivity index (χ4v) is 1.55. The second-order valence-corrected chi connectivity index (χ2v) is 3.38. The van der Waals surface area contributed by atoms with E-state index in [4.69, 9.17) is 5.11 Å². The monoisotopic (exact) mass is 215 g/mol. The maximum Gasteiger partial charge on any atom is 0.401 e. The second-order valence-electron chi connectivity index (χ2n) is 3.38. The lowest BCUT2D eigenvalue weighted by atomic mass is 10.1. The van der Waals surface area contributed by atoms with Gasteiger partial charge in [-0.15, -0.1) is 0 Å². The van der Waals surface area contributed by atoms with Gasteiger partial charge in [0.25, 0.3) is 0 Å². The zero-order valence-electron chi connectivity index (χ0n) is 7.33. The molecule has 0 saturated carbocycles. The highest BCUT2D eigenvalue weighted by Crippen LogP contribution is 2.30. The van der Waals surface area contributed by atoms with Crippen molar-refractivity contribution in [1.29, 1.82) is 0 Å². The maximum absolute atomic E-state index is 12.0. The van der Waals surface area contributed by atoms with E-state index in [9.17, 15) is 23.4 Å². The van der Waals surface area contributed by atoms with Crippen LogP contribution in [0, 0.1) is 0 Å². The lowest BCUT2D eigenvalue weighted by Crippen LogP contribution is -2.55. The molecular weight excluding hydrogens is 203 g/mol. The van der Waals surface area contributed by atoms with Crippen molar-refractivity contribution in [2.45, 2.75) is 24.4 Å². The molecule has 0 aliphatic carbocycles. The van der Waals surface area contributed by atoms with Crippen molar-refractivity contribution in [3.05, 3.63) is 0 Å². The van der Waals surface area contributed by atoms with Gasteiger partial charge in [0.2, 0.25) is 0 Å². The zero-order chi connectivity index (χ0) is 11.0. The highest BCUT2D eigenvalue weighted by atomic mass is 19.4. The number of nitrogens with zero attached hydrogens (tertiary/aromatic N) is 1. The zero-order valence-corrected chi connectivity index (χ0v) is 7.33. The number of rotatable bonds is 2. The first-order chi connectivity index (χ1) is 6.29. The molecule has 1 fully saturated rings. The molecule has 3 N–H and O–H groups in total. The molecule has 0 aromatic rings. The van der Waals surface area contributed by atoms with Crippen molar-refractivity contribution < 1.29 is 28.5 Å². The third-order valence-electron chi connectivity index (χ3n) is 2.36. The van der Waals surface area contributed by atoms with Crippen LogP contribution in [-0.2, 0) is 0 Å². The third-order valence-corrected chi connectivity index (χ3v) is 2.36. The van der Waals surface area contributed by atoms with Gasteiger partial charge in [0.05, 0.1) is 19.3 Å². The Labute approximate surface area is 78.6 Å². The van der Waals surface area contributed by atoms with Crippen molar-refractivity contribution in [3.63, 3.8) is 0 Å². The van der Waals surface area contributed by atoms with Crippen LogP contribution in [0.1, 0.15) is 6.42 Å². The summed E-state index contributed by atoms with van der Waals surface area (Å²) in [5, 5.41) is 27.5. The maximum atomic E-state index is 12.0. The highest BCUT2D eigenvalue weighted by Gasteiger charge is 2.49. The Hall–Kier alpha value is -0.370. The average Bonchev–Trinajstić information content (AvgIpc) is 2.31. The Balaban J connectivity index is 2.70. The van der Waals surface area contributed by atoms with E-state index in [1.54, 1.807) is 0 Å². The molecule has 84 valence electrons. The van der Waals surface area contributed by atoms with Crippen LogP contribution in [0.2, 0.25) is 0 Å². The Morgan fingerprint density at radius 3 is 2.43 bits per heavy atom. The summed E-state index contributed by atoms with van der Waals surface area (Å²) in [6.07, 6.45) is -5.77. The van der Waals surface area contributed by atoms with E-state index in [2.05, 4.69) is 0 Å². The van der Waals surface area contributed by atoms with E-state index in [0.29, 0.717) is 4.90 Å². The molecule has 14 heavy (non-hydrogen) atoms. The van der Waals surface area contributed by atoms with E-state index in [0.717, 1.165) is 0 Å². The number of alkyl halides is 3. The molecule has 0 spiro atoms. The molecule has 1 aliphatic heterocycles. The lowest BCUT2D eigenvalue weighted by molar-refractivity contribution is -0.213. The number of aliphatic hydroxyl groups excluding tert-OH is 2. The van der Waals surface area contributed by atoms with Crippen molar-refractivity contribution in [2.24, 2.45) is 0 Å². The van der Waals surface area contributed by atoms with Crippen LogP contribution in [0.15, 0.2) is 0 Å². The Kier molecular flexibility index (Phi) is 3.05. The lowest BCUT2D eigenvalue weighted by Gasteiger charge is -2.34. The van der Waals surface area contributed by atoms with E-state index in [1.165, 1.54) is 0 Å². The normalized spacial score (nSPS) is 35.1. The van der Waals surface area contributed by atoms with Crippen molar-refractivity contribution in [1.82, 2.24) is 4.90 Å². The predicted octanol–water partition coefficient (Wildman–Crippen LogP) is -0.704. The number of hydrogen-bond donors (Lipinski definition) is 3. The van der Waals surface area contributed by atoms with Gasteiger partial charge in [-0.2, -0.15) is 13.2 Å². The molecule has 1 rings (SSSR count). The summed E-state index contributed by atoms with van der Waals surface area (Å²) in [5.41, 5.74) is -2.16. The summed E-state index contributed by atoms with van der Waals surface area (Å²) in [6.45, 7) is -2.33. The first-order valence-corrected chi connectivity index (χ1v) is 4.13. The van der Waals surface area contributed by atoms with E-state index < -0.39 is 31.2 Å². The summed E-state index contributed by atoms with van der Waals surface area (Å²) in [5.74, 6) is 0. The Morgan fingerprint density at radius 2 is 2.00 bits per heavy atom. The van der Waals surface area contributed by atoms with Gasteiger partial charge in [0, 0.05) is 6.54 Å². The second kappa shape index (κ2) is 3.65. The third kappa shape index (κ3) is 2.17. The molecule has 1 heterocycles. The molecule has 7 heteroatoms. The van der Waals surface area contributed by atoms with Crippen molar-refractivity contribution >= 4 is 0 Å². The molecular formula is C7H12F3NO3. The van der Waals surface area contributed by atoms with Crippen LogP contribution < -0.4 is 0 Å². The molecule has 4 nitrogen and oxygen atoms in total. The Bertz CT molecular complexity index is 211. The minimum atomic E-state index is -4.45. The van der Waals surface area contributed by atoms with Gasteiger partial charge < -0.3 is 15.3 Å². The van der Waals surface area contributed by atoms with Crippen molar-refractivity contribution in [2.75, 3.05) is 19.7 Å². The standard InChI is InChI=1S/C7H12F3NO3/c8-7(9,10)3-11-2-1-5(13)6(11,14)4-12/h5,12-14H,1-4H2. The predicted molar refractivity (Wildman–Crippen MR) is 40.3 cm³/mol. The molecule has 0 aromatic heterocycles.